The van der Waals surface area contributed by atoms with Crippen LogP contribution in [0.15, 0.2) is 18.2 Å². The average Bonchev–Trinajstić information content (AvgIpc) is 2.66. The van der Waals surface area contributed by atoms with Crippen molar-refractivity contribution in [2.75, 3.05) is 34.5 Å². The molecule has 27 heavy (non-hydrogen) atoms. The van der Waals surface area contributed by atoms with Crippen molar-refractivity contribution in [3.63, 3.8) is 0 Å². The van der Waals surface area contributed by atoms with Crippen molar-refractivity contribution < 1.29 is 28.4 Å². The van der Waals surface area contributed by atoms with Gasteiger partial charge in [0.05, 0.1) is 0 Å². The Morgan fingerprint density at radius 2 is 2.22 bits per heavy atom. The summed E-state index contributed by atoms with van der Waals surface area (Å²) in [6, 6.07) is 3.66. The second-order valence-electron chi connectivity index (χ2n) is 6.17. The molecule has 0 bridgehead atoms. The first-order chi connectivity index (χ1) is 12.9. The summed E-state index contributed by atoms with van der Waals surface area (Å²) in [5.41, 5.74) is -0.836. The molecule has 0 aliphatic carbocycles. The van der Waals surface area contributed by atoms with E-state index in [4.69, 9.17) is 10.00 Å². The van der Waals surface area contributed by atoms with E-state index in [1.165, 1.54) is 23.3 Å². The van der Waals surface area contributed by atoms with Crippen molar-refractivity contribution in [1.29, 1.82) is 5.26 Å². The van der Waals surface area contributed by atoms with Crippen molar-refractivity contribution >= 4 is 18.7 Å². The first-order valence-electron chi connectivity index (χ1n) is 8.18. The number of ether oxygens (including phenoxy) is 2. The predicted octanol–water partition coefficient (Wildman–Crippen LogP) is 0.292. The minimum absolute atomic E-state index is 0.0432. The second kappa shape index (κ2) is 8.84. The summed E-state index contributed by atoms with van der Waals surface area (Å²) in [7, 11) is 5.88. The van der Waals surface area contributed by atoms with E-state index in [1.807, 2.05) is 0 Å². The van der Waals surface area contributed by atoms with Gasteiger partial charge in [-0.1, -0.05) is 0 Å². The summed E-state index contributed by atoms with van der Waals surface area (Å²) < 4.78 is 28.9. The number of phenols is 1. The van der Waals surface area contributed by atoms with Crippen LogP contribution >= 0.6 is 0 Å². The van der Waals surface area contributed by atoms with Gasteiger partial charge in [-0.3, -0.25) is 0 Å². The van der Waals surface area contributed by atoms with Crippen molar-refractivity contribution in [2.24, 2.45) is 5.92 Å². The van der Waals surface area contributed by atoms with Gasteiger partial charge in [0.2, 0.25) is 0 Å². The fourth-order valence-corrected chi connectivity index (χ4v) is 3.28. The number of nitriles is 1. The maximum atomic E-state index is 14.5. The molecule has 3 rings (SSSR count). The number of rotatable bonds is 2. The summed E-state index contributed by atoms with van der Waals surface area (Å²) in [5.74, 6) is -1.50. The molecule has 2 aliphatic heterocycles. The van der Waals surface area contributed by atoms with Gasteiger partial charge in [-0.2, -0.15) is 0 Å². The third-order valence-corrected chi connectivity index (χ3v) is 4.47. The zero-order valence-electron chi connectivity index (χ0n) is 15.4. The van der Waals surface area contributed by atoms with E-state index in [0.29, 0.717) is 13.0 Å². The molecule has 8 nitrogen and oxygen atoms in total. The maximum absolute atomic E-state index is 14.5. The zero-order valence-corrected chi connectivity index (χ0v) is 15.4. The van der Waals surface area contributed by atoms with Crippen LogP contribution in [0.2, 0.25) is 0 Å². The van der Waals surface area contributed by atoms with E-state index in [2.05, 4.69) is 14.7 Å². The van der Waals surface area contributed by atoms with Crippen molar-refractivity contribution in [1.82, 2.24) is 10.2 Å². The van der Waals surface area contributed by atoms with Crippen LogP contribution in [0.3, 0.4) is 0 Å². The van der Waals surface area contributed by atoms with Crippen LogP contribution in [-0.2, 0) is 24.5 Å². The van der Waals surface area contributed by atoms with Gasteiger partial charge < -0.3 is 4.74 Å². The molecule has 0 saturated carbocycles. The van der Waals surface area contributed by atoms with Gasteiger partial charge in [-0.05, 0) is 0 Å². The molecule has 10 heteroatoms. The Bertz CT molecular complexity index is 769. The van der Waals surface area contributed by atoms with Gasteiger partial charge in [-0.15, -0.1) is 0 Å². The minimum atomic E-state index is -1.19. The number of fused-ring (bicyclic) bond motifs is 1. The SMILES string of the molecule is CN1C(=O)C2CCOCC2(c2cc(O)ccc2F)NC1=BOC#N.COC. The molecule has 2 N–H and O–H groups in total. The van der Waals surface area contributed by atoms with Gasteiger partial charge in [0, 0.05) is 14.2 Å². The minimum Gasteiger partial charge on any atom is -0.388 e. The Hall–Kier alpha value is -2.64. The van der Waals surface area contributed by atoms with Crippen LogP contribution in [0.1, 0.15) is 12.0 Å². The van der Waals surface area contributed by atoms with Gasteiger partial charge in [0.25, 0.3) is 0 Å². The molecule has 0 radical (unpaired) electrons. The van der Waals surface area contributed by atoms with Crippen molar-refractivity contribution in [2.45, 2.75) is 12.0 Å². The number of methoxy groups -OCH3 is 1. The van der Waals surface area contributed by atoms with Crippen molar-refractivity contribution in [3.05, 3.63) is 29.6 Å². The topological polar surface area (TPSA) is 104 Å². The molecule has 1 amide bonds. The van der Waals surface area contributed by atoms with E-state index in [9.17, 15) is 14.3 Å². The molecule has 2 heterocycles. The number of hydrogen-bond acceptors (Lipinski definition) is 7. The summed E-state index contributed by atoms with van der Waals surface area (Å²) in [6.45, 7) is 0.420. The largest absolute Gasteiger partial charge is 0.388 e. The Labute approximate surface area is 157 Å². The van der Waals surface area contributed by atoms with Crippen LogP contribution in [0.25, 0.3) is 0 Å². The summed E-state index contributed by atoms with van der Waals surface area (Å²) in [5, 5.41) is 21.4. The molecule has 2 atom stereocenters. The van der Waals surface area contributed by atoms with Gasteiger partial charge in [-0.25, -0.2) is 0 Å². The van der Waals surface area contributed by atoms with Crippen LogP contribution in [0.5, 0.6) is 5.75 Å². The fraction of sp³-hybridized carbons (Fsp3) is 0.471. The number of nitrogens with one attached hydrogen (secondary N) is 1. The fourth-order valence-electron chi connectivity index (χ4n) is 3.28. The number of benzene rings is 1. The summed E-state index contributed by atoms with van der Waals surface area (Å²) >= 11 is 0. The predicted molar refractivity (Wildman–Crippen MR) is 95.0 cm³/mol. The molecule has 144 valence electrons. The van der Waals surface area contributed by atoms with E-state index in [0.717, 1.165) is 13.2 Å². The van der Waals surface area contributed by atoms with Crippen LogP contribution in [0, 0.1) is 23.3 Å². The molecule has 2 unspecified atom stereocenters. The maximum Gasteiger partial charge on any atom is 0.0351 e. The average molecular weight is 377 g/mol. The van der Waals surface area contributed by atoms with E-state index < -0.39 is 17.3 Å². The first-order valence-corrected chi connectivity index (χ1v) is 8.18. The van der Waals surface area contributed by atoms with Crippen LogP contribution in [-0.4, -0.2) is 63.2 Å². The van der Waals surface area contributed by atoms with E-state index in [1.54, 1.807) is 21.3 Å². The number of hydrogen-bond donors (Lipinski definition) is 2. The molecular formula is C17H21BFN3O5. The van der Waals surface area contributed by atoms with E-state index in [-0.39, 0.29) is 29.5 Å². The molecular weight excluding hydrogens is 356 g/mol. The summed E-state index contributed by atoms with van der Waals surface area (Å²) in [4.78, 5) is 14.1. The van der Waals surface area contributed by atoms with Gasteiger partial charge in [0.1, 0.15) is 0 Å². The molecule has 1 aromatic rings. The zero-order chi connectivity index (χ0) is 20.0. The number of aromatic hydroxyl groups is 1. The summed E-state index contributed by atoms with van der Waals surface area (Å²) in [6.07, 6.45) is 1.90. The number of phenolic OH excluding ortho intramolecular Hbond substituents is 1. The second-order valence-corrected chi connectivity index (χ2v) is 6.17. The Balaban J connectivity index is 0.000000817. The molecule has 2 fully saturated rings. The van der Waals surface area contributed by atoms with E-state index >= 15 is 0 Å². The van der Waals surface area contributed by atoms with Crippen molar-refractivity contribution in [3.8, 4) is 12.0 Å². The quantitative estimate of drug-likeness (QED) is 0.564. The smallest absolute Gasteiger partial charge is 0.0351 e. The third-order valence-electron chi connectivity index (χ3n) is 4.47. The number of carbonyl (C=O) groups is 1. The number of amides is 1. The molecule has 2 aliphatic rings. The Morgan fingerprint density at radius 3 is 2.89 bits per heavy atom. The monoisotopic (exact) mass is 377 g/mol. The Kier molecular flexibility index (Phi) is 6.77. The third kappa shape index (κ3) is 4.04. The molecule has 1 aromatic carbocycles. The molecule has 0 spiro atoms. The normalized spacial score (nSPS) is 25.3. The van der Waals surface area contributed by atoms with Gasteiger partial charge in [0.15, 0.2) is 0 Å². The van der Waals surface area contributed by atoms with Crippen LogP contribution in [0.4, 0.5) is 4.39 Å². The number of carbonyl (C=O) groups excluding carboxylic acids is 1. The first kappa shape index (κ1) is 20.7. The Morgan fingerprint density at radius 1 is 1.52 bits per heavy atom. The standard InChI is InChI=1S/C15H15BFN3O4.C2H6O/c1-20-13(22)10-4-5-23-7-15(10,19-14(20)16-24-8-18)11-6-9(21)2-3-12(11)17;1-3-2/h2-3,6,10,19,21H,4-5,7H2,1H3;1-2H3. The van der Waals surface area contributed by atoms with Gasteiger partial charge >= 0.3 is 138 Å². The molecule has 2 saturated heterocycles. The number of halogens is 1. The number of nitrogens with zero attached hydrogens (tertiary/aromatic N) is 2. The van der Waals surface area contributed by atoms with Crippen LogP contribution < -0.4 is 5.32 Å². The molecule has 0 aromatic heterocycles.